The van der Waals surface area contributed by atoms with Crippen LogP contribution in [0.2, 0.25) is 0 Å². The van der Waals surface area contributed by atoms with Crippen LogP contribution in [0, 0.1) is 0 Å². The Morgan fingerprint density at radius 3 is 2.42 bits per heavy atom. The molecule has 4 heteroatoms. The first-order valence-electron chi connectivity index (χ1n) is 8.54. The Labute approximate surface area is 143 Å². The van der Waals surface area contributed by atoms with Crippen LogP contribution in [0.3, 0.4) is 0 Å². The van der Waals surface area contributed by atoms with Crippen molar-refractivity contribution in [2.24, 2.45) is 0 Å². The molecule has 1 fully saturated rings. The molecule has 0 saturated carbocycles. The lowest BCUT2D eigenvalue weighted by Crippen LogP contribution is -2.23. The molecule has 0 aliphatic carbocycles. The number of nitrogens with one attached hydrogen (secondary N) is 1. The van der Waals surface area contributed by atoms with E-state index in [0.717, 1.165) is 29.9 Å². The first-order chi connectivity index (χ1) is 11.7. The molecule has 2 aromatic rings. The molecular formula is C20H24N2O2. The summed E-state index contributed by atoms with van der Waals surface area (Å²) in [6.45, 7) is 3.12. The van der Waals surface area contributed by atoms with E-state index in [0.29, 0.717) is 12.8 Å². The predicted octanol–water partition coefficient (Wildman–Crippen LogP) is 3.52. The summed E-state index contributed by atoms with van der Waals surface area (Å²) in [6, 6.07) is 16.6. The Bertz CT molecular complexity index is 680. The number of carbonyl (C=O) groups excluding carboxylic acids is 1. The fourth-order valence-corrected chi connectivity index (χ4v) is 3.09. The molecule has 1 atom stereocenters. The summed E-state index contributed by atoms with van der Waals surface area (Å²) in [5, 5.41) is 12.4. The third kappa shape index (κ3) is 3.77. The van der Waals surface area contributed by atoms with E-state index < -0.39 is 0 Å². The fourth-order valence-electron chi connectivity index (χ4n) is 3.09. The monoisotopic (exact) mass is 324 g/mol. The average Bonchev–Trinajstić information content (AvgIpc) is 3.03. The normalized spacial score (nSPS) is 15.6. The molecule has 0 aromatic heterocycles. The van der Waals surface area contributed by atoms with Crippen LogP contribution in [0.5, 0.6) is 0 Å². The van der Waals surface area contributed by atoms with Crippen LogP contribution >= 0.6 is 0 Å². The summed E-state index contributed by atoms with van der Waals surface area (Å²) >= 11 is 0. The zero-order chi connectivity index (χ0) is 16.9. The molecule has 1 aliphatic rings. The first-order valence-corrected chi connectivity index (χ1v) is 8.54. The fraction of sp³-hybridized carbons (Fsp3) is 0.350. The highest BCUT2D eigenvalue weighted by molar-refractivity contribution is 5.95. The van der Waals surface area contributed by atoms with Crippen LogP contribution in [-0.4, -0.2) is 24.2 Å². The Balaban J connectivity index is 1.64. The minimum atomic E-state index is 0.176. The lowest BCUT2D eigenvalue weighted by Gasteiger charge is -2.19. The smallest absolute Gasteiger partial charge is 0.227 e. The van der Waals surface area contributed by atoms with Gasteiger partial charge in [-0.15, -0.1) is 0 Å². The molecule has 0 spiro atoms. The van der Waals surface area contributed by atoms with Crippen molar-refractivity contribution in [3.05, 3.63) is 59.7 Å². The van der Waals surface area contributed by atoms with Crippen LogP contribution in [-0.2, 0) is 11.2 Å². The molecule has 2 aromatic carbocycles. The number of anilines is 2. The van der Waals surface area contributed by atoms with E-state index in [9.17, 15) is 4.79 Å². The van der Waals surface area contributed by atoms with E-state index in [4.69, 9.17) is 5.11 Å². The number of hydrogen-bond donors (Lipinski definition) is 2. The molecule has 126 valence electrons. The van der Waals surface area contributed by atoms with Crippen LogP contribution < -0.4 is 10.2 Å². The quantitative estimate of drug-likeness (QED) is 0.855. The summed E-state index contributed by atoms with van der Waals surface area (Å²) in [5.74, 6) is 0.219. The maximum absolute atomic E-state index is 11.8. The lowest BCUT2D eigenvalue weighted by molar-refractivity contribution is -0.117. The van der Waals surface area contributed by atoms with E-state index in [2.05, 4.69) is 24.4 Å². The van der Waals surface area contributed by atoms with Gasteiger partial charge in [0.05, 0.1) is 0 Å². The highest BCUT2D eigenvalue weighted by atomic mass is 16.3. The van der Waals surface area contributed by atoms with Gasteiger partial charge in [-0.2, -0.15) is 0 Å². The summed E-state index contributed by atoms with van der Waals surface area (Å²) in [6.07, 6.45) is 2.29. The number of amides is 1. The van der Waals surface area contributed by atoms with Crippen LogP contribution in [0.4, 0.5) is 11.4 Å². The van der Waals surface area contributed by atoms with Crippen LogP contribution in [0.25, 0.3) is 0 Å². The van der Waals surface area contributed by atoms with Gasteiger partial charge in [-0.25, -0.2) is 0 Å². The van der Waals surface area contributed by atoms with E-state index in [1.807, 2.05) is 41.3 Å². The molecule has 1 amide bonds. The summed E-state index contributed by atoms with van der Waals surface area (Å²) in [7, 11) is 0. The summed E-state index contributed by atoms with van der Waals surface area (Å²) in [4.78, 5) is 13.7. The maximum atomic E-state index is 11.8. The van der Waals surface area contributed by atoms with Crippen molar-refractivity contribution in [3.63, 3.8) is 0 Å². The molecule has 24 heavy (non-hydrogen) atoms. The topological polar surface area (TPSA) is 52.6 Å². The molecule has 3 rings (SSSR count). The number of carbonyl (C=O) groups is 1. The molecule has 2 N–H and O–H groups in total. The van der Waals surface area contributed by atoms with Gasteiger partial charge in [0, 0.05) is 37.0 Å². The number of rotatable bonds is 6. The average molecular weight is 324 g/mol. The highest BCUT2D eigenvalue weighted by Crippen LogP contribution is 2.25. The van der Waals surface area contributed by atoms with Crippen molar-refractivity contribution < 1.29 is 9.90 Å². The second-order valence-corrected chi connectivity index (χ2v) is 6.28. The molecule has 0 bridgehead atoms. The summed E-state index contributed by atoms with van der Waals surface area (Å²) in [5.41, 5.74) is 4.37. The zero-order valence-electron chi connectivity index (χ0n) is 14.0. The molecular weight excluding hydrogens is 300 g/mol. The van der Waals surface area contributed by atoms with Crippen molar-refractivity contribution in [2.75, 3.05) is 23.4 Å². The van der Waals surface area contributed by atoms with Crippen molar-refractivity contribution in [1.82, 2.24) is 0 Å². The van der Waals surface area contributed by atoms with E-state index in [1.54, 1.807) is 0 Å². The van der Waals surface area contributed by atoms with Gasteiger partial charge in [0.25, 0.3) is 0 Å². The Morgan fingerprint density at radius 2 is 1.83 bits per heavy atom. The zero-order valence-corrected chi connectivity index (χ0v) is 14.0. The third-order valence-corrected chi connectivity index (χ3v) is 4.52. The van der Waals surface area contributed by atoms with Gasteiger partial charge < -0.3 is 15.3 Å². The first kappa shape index (κ1) is 16.5. The lowest BCUT2D eigenvalue weighted by atomic mass is 10.1. The second kappa shape index (κ2) is 7.49. The molecule has 1 aliphatic heterocycles. The van der Waals surface area contributed by atoms with Crippen molar-refractivity contribution in [2.45, 2.75) is 32.2 Å². The Kier molecular flexibility index (Phi) is 5.16. The van der Waals surface area contributed by atoms with Gasteiger partial charge in [-0.3, -0.25) is 4.79 Å². The molecule has 0 radical (unpaired) electrons. The molecule has 1 saturated heterocycles. The molecule has 1 unspecified atom stereocenters. The number of benzene rings is 2. The van der Waals surface area contributed by atoms with E-state index in [-0.39, 0.29) is 18.6 Å². The molecule has 4 nitrogen and oxygen atoms in total. The van der Waals surface area contributed by atoms with Crippen LogP contribution in [0.15, 0.2) is 48.5 Å². The van der Waals surface area contributed by atoms with Gasteiger partial charge in [-0.1, -0.05) is 24.3 Å². The predicted molar refractivity (Wildman–Crippen MR) is 97.3 cm³/mol. The minimum Gasteiger partial charge on any atom is -0.396 e. The van der Waals surface area contributed by atoms with Gasteiger partial charge >= 0.3 is 0 Å². The largest absolute Gasteiger partial charge is 0.396 e. The number of hydrogen-bond acceptors (Lipinski definition) is 3. The van der Waals surface area contributed by atoms with Crippen molar-refractivity contribution in [3.8, 4) is 0 Å². The maximum Gasteiger partial charge on any atom is 0.227 e. The third-order valence-electron chi connectivity index (χ3n) is 4.52. The van der Waals surface area contributed by atoms with Gasteiger partial charge in [0.2, 0.25) is 5.91 Å². The Morgan fingerprint density at radius 1 is 1.12 bits per heavy atom. The molecule has 1 heterocycles. The standard InChI is InChI=1S/C20H24N2O2/c1-15(21-18-8-4-16(5-9-18)12-14-23)17-6-10-19(11-7-17)22-13-2-3-20(22)24/h4-11,15,21,23H,2-3,12-14H2,1H3. The summed E-state index contributed by atoms with van der Waals surface area (Å²) < 4.78 is 0. The highest BCUT2D eigenvalue weighted by Gasteiger charge is 2.21. The van der Waals surface area contributed by atoms with Crippen molar-refractivity contribution >= 4 is 17.3 Å². The van der Waals surface area contributed by atoms with E-state index in [1.165, 1.54) is 5.56 Å². The van der Waals surface area contributed by atoms with Gasteiger partial charge in [0.1, 0.15) is 0 Å². The van der Waals surface area contributed by atoms with Gasteiger partial charge in [0.15, 0.2) is 0 Å². The van der Waals surface area contributed by atoms with Gasteiger partial charge in [-0.05, 0) is 55.2 Å². The Hall–Kier alpha value is -2.33. The van der Waals surface area contributed by atoms with Crippen molar-refractivity contribution in [1.29, 1.82) is 0 Å². The second-order valence-electron chi connectivity index (χ2n) is 6.28. The number of nitrogens with zero attached hydrogens (tertiary/aromatic N) is 1. The van der Waals surface area contributed by atoms with Crippen LogP contribution in [0.1, 0.15) is 36.9 Å². The van der Waals surface area contributed by atoms with E-state index >= 15 is 0 Å². The number of aliphatic hydroxyl groups excluding tert-OH is 1. The number of aliphatic hydroxyl groups is 1. The SMILES string of the molecule is CC(Nc1ccc(CCO)cc1)c1ccc(N2CCCC2=O)cc1. The minimum absolute atomic E-state index is 0.176.